The van der Waals surface area contributed by atoms with E-state index in [4.69, 9.17) is 16.7 Å². The van der Waals surface area contributed by atoms with Gasteiger partial charge in [0.15, 0.2) is 5.82 Å². The monoisotopic (exact) mass is 259 g/mol. The molecule has 0 aliphatic rings. The summed E-state index contributed by atoms with van der Waals surface area (Å²) in [6.45, 7) is 2.89. The third kappa shape index (κ3) is 2.94. The smallest absolute Gasteiger partial charge is 0.325 e. The normalized spacial score (nSPS) is 12.0. The molecule has 1 aromatic carbocycles. The average Bonchev–Trinajstić information content (AvgIpc) is 2.25. The van der Waals surface area contributed by atoms with Crippen LogP contribution in [0.2, 0.25) is 5.02 Å². The van der Waals surface area contributed by atoms with Crippen molar-refractivity contribution >= 4 is 23.5 Å². The molecule has 92 valence electrons. The van der Waals surface area contributed by atoms with Crippen LogP contribution < -0.4 is 5.32 Å². The molecular formula is C11H11ClFNO3. The number of carbonyl (C=O) groups is 2. The average molecular weight is 260 g/mol. The Hall–Kier alpha value is -1.62. The molecule has 0 spiro atoms. The molecule has 1 aromatic rings. The van der Waals surface area contributed by atoms with Crippen LogP contribution in [0.25, 0.3) is 0 Å². The van der Waals surface area contributed by atoms with Gasteiger partial charge in [-0.15, -0.1) is 0 Å². The summed E-state index contributed by atoms with van der Waals surface area (Å²) in [6, 6.07) is 1.66. The number of halogens is 2. The van der Waals surface area contributed by atoms with Crippen LogP contribution in [0.1, 0.15) is 22.8 Å². The number of hydrogen-bond donors (Lipinski definition) is 2. The number of carboxylic acids is 1. The lowest BCUT2D eigenvalue weighted by molar-refractivity contribution is -0.138. The van der Waals surface area contributed by atoms with Crippen LogP contribution >= 0.6 is 11.6 Å². The minimum Gasteiger partial charge on any atom is -0.480 e. The maximum absolute atomic E-state index is 13.6. The molecule has 0 unspecified atom stereocenters. The van der Waals surface area contributed by atoms with Crippen LogP contribution in [0.5, 0.6) is 0 Å². The van der Waals surface area contributed by atoms with E-state index in [0.717, 1.165) is 0 Å². The molecule has 0 saturated heterocycles. The molecule has 0 bridgehead atoms. The van der Waals surface area contributed by atoms with E-state index in [2.05, 4.69) is 5.32 Å². The fourth-order valence-electron chi connectivity index (χ4n) is 1.16. The van der Waals surface area contributed by atoms with Crippen molar-refractivity contribution in [1.82, 2.24) is 5.32 Å². The van der Waals surface area contributed by atoms with Gasteiger partial charge in [0, 0.05) is 0 Å². The largest absolute Gasteiger partial charge is 0.480 e. The number of aliphatic carboxylic acids is 1. The minimum atomic E-state index is -1.20. The quantitative estimate of drug-likeness (QED) is 0.872. The summed E-state index contributed by atoms with van der Waals surface area (Å²) in [6.07, 6.45) is 0. The Bertz CT molecular complexity index is 476. The molecule has 0 radical (unpaired) electrons. The van der Waals surface area contributed by atoms with Crippen LogP contribution in [-0.2, 0) is 4.79 Å². The summed E-state index contributed by atoms with van der Waals surface area (Å²) in [5, 5.41) is 10.6. The summed E-state index contributed by atoms with van der Waals surface area (Å²) < 4.78 is 13.6. The summed E-state index contributed by atoms with van der Waals surface area (Å²) >= 11 is 5.65. The SMILES string of the molecule is Cc1ccc(C(=O)N[C@@H](C)C(=O)O)c(F)c1Cl. The first-order chi connectivity index (χ1) is 7.84. The highest BCUT2D eigenvalue weighted by atomic mass is 35.5. The van der Waals surface area contributed by atoms with Gasteiger partial charge in [0.25, 0.3) is 5.91 Å². The molecule has 2 N–H and O–H groups in total. The van der Waals surface area contributed by atoms with Crippen molar-refractivity contribution in [2.75, 3.05) is 0 Å². The standard InChI is InChI=1S/C11H11ClFNO3/c1-5-3-4-7(9(13)8(5)12)10(15)14-6(2)11(16)17/h3-4,6H,1-2H3,(H,14,15)(H,16,17)/t6-/m0/s1. The number of carboxylic acid groups (broad SMARTS) is 1. The summed E-state index contributed by atoms with van der Waals surface area (Å²) in [5.74, 6) is -2.85. The Morgan fingerprint density at radius 3 is 2.59 bits per heavy atom. The molecule has 17 heavy (non-hydrogen) atoms. The van der Waals surface area contributed by atoms with Gasteiger partial charge in [-0.25, -0.2) is 4.39 Å². The lowest BCUT2D eigenvalue weighted by Gasteiger charge is -2.11. The molecule has 1 rings (SSSR count). The van der Waals surface area contributed by atoms with Crippen molar-refractivity contribution < 1.29 is 19.1 Å². The second-order valence-electron chi connectivity index (χ2n) is 3.59. The van der Waals surface area contributed by atoms with Gasteiger partial charge < -0.3 is 10.4 Å². The van der Waals surface area contributed by atoms with E-state index in [9.17, 15) is 14.0 Å². The van der Waals surface area contributed by atoms with Gasteiger partial charge in [0.05, 0.1) is 10.6 Å². The van der Waals surface area contributed by atoms with Gasteiger partial charge in [-0.1, -0.05) is 17.7 Å². The maximum atomic E-state index is 13.6. The van der Waals surface area contributed by atoms with Crippen molar-refractivity contribution in [3.63, 3.8) is 0 Å². The minimum absolute atomic E-state index is 0.138. The zero-order valence-corrected chi connectivity index (χ0v) is 10.0. The Kier molecular flexibility index (Phi) is 4.07. The highest BCUT2D eigenvalue weighted by molar-refractivity contribution is 6.31. The lowest BCUT2D eigenvalue weighted by Crippen LogP contribution is -2.38. The molecule has 1 atom stereocenters. The van der Waals surface area contributed by atoms with Gasteiger partial charge in [0.2, 0.25) is 0 Å². The first kappa shape index (κ1) is 13.4. The van der Waals surface area contributed by atoms with Crippen LogP contribution in [0, 0.1) is 12.7 Å². The fourth-order valence-corrected chi connectivity index (χ4v) is 1.32. The fraction of sp³-hybridized carbons (Fsp3) is 0.273. The number of amides is 1. The van der Waals surface area contributed by atoms with Gasteiger partial charge in [-0.2, -0.15) is 0 Å². The Balaban J connectivity index is 2.98. The van der Waals surface area contributed by atoms with Crippen molar-refractivity contribution in [1.29, 1.82) is 0 Å². The highest BCUT2D eigenvalue weighted by Gasteiger charge is 2.19. The van der Waals surface area contributed by atoms with Gasteiger partial charge in [-0.3, -0.25) is 9.59 Å². The van der Waals surface area contributed by atoms with E-state index in [1.165, 1.54) is 19.1 Å². The Morgan fingerprint density at radius 1 is 1.47 bits per heavy atom. The van der Waals surface area contributed by atoms with E-state index in [-0.39, 0.29) is 10.6 Å². The van der Waals surface area contributed by atoms with Crippen molar-refractivity contribution in [2.45, 2.75) is 19.9 Å². The molecule has 0 heterocycles. The number of carbonyl (C=O) groups excluding carboxylic acids is 1. The lowest BCUT2D eigenvalue weighted by atomic mass is 10.1. The first-order valence-electron chi connectivity index (χ1n) is 4.83. The molecule has 6 heteroatoms. The van der Waals surface area contributed by atoms with Gasteiger partial charge in [-0.05, 0) is 25.5 Å². The van der Waals surface area contributed by atoms with E-state index >= 15 is 0 Å². The van der Waals surface area contributed by atoms with E-state index < -0.39 is 23.7 Å². The second-order valence-corrected chi connectivity index (χ2v) is 3.97. The zero-order chi connectivity index (χ0) is 13.2. The number of hydrogen-bond acceptors (Lipinski definition) is 2. The van der Waals surface area contributed by atoms with Gasteiger partial charge >= 0.3 is 5.97 Å². The predicted octanol–water partition coefficient (Wildman–Crippen LogP) is 1.99. The molecule has 0 aliphatic heterocycles. The Morgan fingerprint density at radius 2 is 2.06 bits per heavy atom. The van der Waals surface area contributed by atoms with E-state index in [1.54, 1.807) is 6.92 Å². The number of aryl methyl sites for hydroxylation is 1. The van der Waals surface area contributed by atoms with Gasteiger partial charge in [0.1, 0.15) is 6.04 Å². The molecule has 0 aromatic heterocycles. The second kappa shape index (κ2) is 5.14. The Labute approximate surface area is 102 Å². The third-order valence-electron chi connectivity index (χ3n) is 2.24. The maximum Gasteiger partial charge on any atom is 0.325 e. The number of rotatable bonds is 3. The summed E-state index contributed by atoms with van der Waals surface area (Å²) in [5.41, 5.74) is 0.237. The number of benzene rings is 1. The zero-order valence-electron chi connectivity index (χ0n) is 9.25. The number of nitrogens with one attached hydrogen (secondary N) is 1. The van der Waals surface area contributed by atoms with Crippen LogP contribution in [-0.4, -0.2) is 23.0 Å². The van der Waals surface area contributed by atoms with E-state index in [1.807, 2.05) is 0 Å². The molecule has 1 amide bonds. The molecule has 4 nitrogen and oxygen atoms in total. The molecule has 0 fully saturated rings. The van der Waals surface area contributed by atoms with Crippen LogP contribution in [0.3, 0.4) is 0 Å². The van der Waals surface area contributed by atoms with Crippen molar-refractivity contribution in [3.8, 4) is 0 Å². The highest BCUT2D eigenvalue weighted by Crippen LogP contribution is 2.22. The van der Waals surface area contributed by atoms with Crippen molar-refractivity contribution in [3.05, 3.63) is 34.1 Å². The van der Waals surface area contributed by atoms with Crippen molar-refractivity contribution in [2.24, 2.45) is 0 Å². The molecule has 0 aliphatic carbocycles. The predicted molar refractivity (Wildman–Crippen MR) is 60.7 cm³/mol. The molecule has 0 saturated carbocycles. The van der Waals surface area contributed by atoms with Crippen LogP contribution in [0.4, 0.5) is 4.39 Å². The van der Waals surface area contributed by atoms with Crippen LogP contribution in [0.15, 0.2) is 12.1 Å². The third-order valence-corrected chi connectivity index (χ3v) is 2.70. The van der Waals surface area contributed by atoms with E-state index in [0.29, 0.717) is 5.56 Å². The molecular weight excluding hydrogens is 249 g/mol. The summed E-state index contributed by atoms with van der Waals surface area (Å²) in [7, 11) is 0. The topological polar surface area (TPSA) is 66.4 Å². The first-order valence-corrected chi connectivity index (χ1v) is 5.20. The summed E-state index contributed by atoms with van der Waals surface area (Å²) in [4.78, 5) is 22.1.